The molecule has 1 heterocycles. The predicted octanol–water partition coefficient (Wildman–Crippen LogP) is 2.76. The number of piperidine rings is 1. The van der Waals surface area contributed by atoms with E-state index in [0.717, 1.165) is 31.5 Å². The van der Waals surface area contributed by atoms with E-state index in [1.807, 2.05) is 7.05 Å². The second-order valence-electron chi connectivity index (χ2n) is 6.84. The Bertz CT molecular complexity index is 532. The van der Waals surface area contributed by atoms with Crippen molar-refractivity contribution in [3.8, 4) is 0 Å². The minimum atomic E-state index is 0.649. The van der Waals surface area contributed by atoms with Gasteiger partial charge >= 0.3 is 0 Å². The summed E-state index contributed by atoms with van der Waals surface area (Å²) < 4.78 is 5.19. The quantitative estimate of drug-likeness (QED) is 0.432. The number of aliphatic imine (C=N–C) groups is 1. The van der Waals surface area contributed by atoms with E-state index in [1.165, 1.54) is 43.5 Å². The summed E-state index contributed by atoms with van der Waals surface area (Å²) in [7, 11) is 3.55. The Morgan fingerprint density at radius 2 is 2.12 bits per heavy atom. The molecule has 0 amide bonds. The summed E-state index contributed by atoms with van der Waals surface area (Å²) in [5.74, 6) is 0.865. The van der Waals surface area contributed by atoms with Crippen molar-refractivity contribution in [1.82, 2.24) is 15.5 Å². The molecule has 5 nitrogen and oxygen atoms in total. The molecule has 1 atom stereocenters. The van der Waals surface area contributed by atoms with Gasteiger partial charge in [-0.2, -0.15) is 0 Å². The van der Waals surface area contributed by atoms with Gasteiger partial charge in [-0.25, -0.2) is 0 Å². The molecule has 2 N–H and O–H groups in total. The van der Waals surface area contributed by atoms with Crippen LogP contribution in [0, 0.1) is 0 Å². The molecule has 2 rings (SSSR count). The van der Waals surface area contributed by atoms with Gasteiger partial charge < -0.3 is 20.3 Å². The first-order valence-electron chi connectivity index (χ1n) is 9.48. The van der Waals surface area contributed by atoms with Crippen molar-refractivity contribution >= 4 is 5.96 Å². The zero-order valence-corrected chi connectivity index (χ0v) is 16.1. The van der Waals surface area contributed by atoms with E-state index in [1.54, 1.807) is 7.11 Å². The second kappa shape index (κ2) is 11.1. The Kier molecular flexibility index (Phi) is 8.77. The summed E-state index contributed by atoms with van der Waals surface area (Å²) in [6.07, 6.45) is 5.23. The first-order valence-corrected chi connectivity index (χ1v) is 9.48. The maximum Gasteiger partial charge on any atom is 0.191 e. The van der Waals surface area contributed by atoms with Crippen LogP contribution >= 0.6 is 0 Å². The molecule has 0 spiro atoms. The Labute approximate surface area is 152 Å². The van der Waals surface area contributed by atoms with E-state index in [2.05, 4.69) is 51.7 Å². The fraction of sp³-hybridized carbons (Fsp3) is 0.650. The molecule has 0 saturated carbocycles. The zero-order valence-electron chi connectivity index (χ0n) is 16.1. The lowest BCUT2D eigenvalue weighted by atomic mass is 10.0. The molecule has 0 aliphatic carbocycles. The van der Waals surface area contributed by atoms with Gasteiger partial charge in [0.1, 0.15) is 0 Å². The third-order valence-corrected chi connectivity index (χ3v) is 4.84. The van der Waals surface area contributed by atoms with Gasteiger partial charge in [0.05, 0.1) is 6.61 Å². The molecule has 0 aromatic heterocycles. The van der Waals surface area contributed by atoms with Gasteiger partial charge in [0.15, 0.2) is 5.96 Å². The van der Waals surface area contributed by atoms with E-state index in [4.69, 9.17) is 4.74 Å². The Hall–Kier alpha value is -1.59. The van der Waals surface area contributed by atoms with Crippen molar-refractivity contribution in [2.24, 2.45) is 4.99 Å². The number of nitrogens with zero attached hydrogens (tertiary/aromatic N) is 2. The average Bonchev–Trinajstić information content (AvgIpc) is 2.63. The van der Waals surface area contributed by atoms with E-state index in [-0.39, 0.29) is 0 Å². The number of nitrogens with one attached hydrogen (secondary N) is 2. The molecule has 1 aromatic carbocycles. The topological polar surface area (TPSA) is 48.9 Å². The smallest absolute Gasteiger partial charge is 0.191 e. The van der Waals surface area contributed by atoms with Crippen LogP contribution in [0.1, 0.15) is 43.7 Å². The van der Waals surface area contributed by atoms with Crippen LogP contribution in [-0.4, -0.2) is 50.7 Å². The van der Waals surface area contributed by atoms with Gasteiger partial charge in [-0.05, 0) is 43.9 Å². The molecule has 1 unspecified atom stereocenters. The third kappa shape index (κ3) is 7.04. The van der Waals surface area contributed by atoms with Crippen LogP contribution in [0.25, 0.3) is 0 Å². The van der Waals surface area contributed by atoms with Crippen molar-refractivity contribution < 1.29 is 4.74 Å². The maximum absolute atomic E-state index is 5.19. The van der Waals surface area contributed by atoms with Gasteiger partial charge in [0.2, 0.25) is 0 Å². The molecule has 0 radical (unpaired) electrons. The number of guanidine groups is 1. The van der Waals surface area contributed by atoms with E-state index in [9.17, 15) is 0 Å². The summed E-state index contributed by atoms with van der Waals surface area (Å²) in [6, 6.07) is 9.19. The third-order valence-electron chi connectivity index (χ3n) is 4.84. The molecule has 25 heavy (non-hydrogen) atoms. The Morgan fingerprint density at radius 1 is 1.28 bits per heavy atom. The number of rotatable bonds is 8. The molecule has 140 valence electrons. The number of benzene rings is 1. The van der Waals surface area contributed by atoms with Crippen LogP contribution < -0.4 is 10.6 Å². The van der Waals surface area contributed by atoms with Crippen molar-refractivity contribution in [3.05, 3.63) is 35.4 Å². The fourth-order valence-corrected chi connectivity index (χ4v) is 3.38. The molecular formula is C20H34N4O. The van der Waals surface area contributed by atoms with Crippen molar-refractivity contribution in [2.75, 3.05) is 33.8 Å². The zero-order chi connectivity index (χ0) is 17.9. The first kappa shape index (κ1) is 19.7. The largest absolute Gasteiger partial charge is 0.380 e. The highest BCUT2D eigenvalue weighted by atomic mass is 16.5. The molecule has 1 saturated heterocycles. The van der Waals surface area contributed by atoms with Gasteiger partial charge in [-0.3, -0.25) is 4.99 Å². The van der Waals surface area contributed by atoms with Crippen molar-refractivity contribution in [2.45, 2.75) is 51.8 Å². The van der Waals surface area contributed by atoms with Gasteiger partial charge in [0.25, 0.3) is 0 Å². The summed E-state index contributed by atoms with van der Waals surface area (Å²) >= 11 is 0. The van der Waals surface area contributed by atoms with Gasteiger partial charge in [0, 0.05) is 39.8 Å². The normalized spacial score (nSPS) is 19.0. The highest BCUT2D eigenvalue weighted by Crippen LogP contribution is 2.16. The van der Waals surface area contributed by atoms with Crippen LogP contribution in [0.2, 0.25) is 0 Å². The van der Waals surface area contributed by atoms with E-state index in [0.29, 0.717) is 6.61 Å². The fourth-order valence-electron chi connectivity index (χ4n) is 3.38. The molecule has 1 aliphatic heterocycles. The van der Waals surface area contributed by atoms with Crippen molar-refractivity contribution in [3.63, 3.8) is 0 Å². The van der Waals surface area contributed by atoms with Crippen LogP contribution in [0.4, 0.5) is 0 Å². The molecular weight excluding hydrogens is 312 g/mol. The SMILES string of the molecule is CN=C(NCCCN1CCCCC1C)NCc1cccc(COC)c1. The lowest BCUT2D eigenvalue weighted by Gasteiger charge is -2.33. The number of likely N-dealkylation sites (tertiary alicyclic amines) is 1. The van der Waals surface area contributed by atoms with Crippen LogP contribution in [0.5, 0.6) is 0 Å². The second-order valence-corrected chi connectivity index (χ2v) is 6.84. The van der Waals surface area contributed by atoms with Crippen LogP contribution in [0.3, 0.4) is 0 Å². The lowest BCUT2D eigenvalue weighted by Crippen LogP contribution is -2.41. The summed E-state index contributed by atoms with van der Waals surface area (Å²) in [5.41, 5.74) is 2.43. The van der Waals surface area contributed by atoms with Crippen molar-refractivity contribution in [1.29, 1.82) is 0 Å². The Morgan fingerprint density at radius 3 is 2.88 bits per heavy atom. The summed E-state index contributed by atoms with van der Waals surface area (Å²) in [5, 5.41) is 6.81. The highest BCUT2D eigenvalue weighted by molar-refractivity contribution is 5.79. The Balaban J connectivity index is 1.67. The molecule has 1 aliphatic rings. The number of methoxy groups -OCH3 is 1. The lowest BCUT2D eigenvalue weighted by molar-refractivity contribution is 0.159. The molecule has 5 heteroatoms. The standard InChI is InChI=1S/C20H34N4O/c1-17-8-4-5-12-24(17)13-7-11-22-20(21-2)23-15-18-9-6-10-19(14-18)16-25-3/h6,9-10,14,17H,4-5,7-8,11-13,15-16H2,1-3H3,(H2,21,22,23). The van der Waals surface area contributed by atoms with Gasteiger partial charge in [-0.15, -0.1) is 0 Å². The number of hydrogen-bond donors (Lipinski definition) is 2. The summed E-state index contributed by atoms with van der Waals surface area (Å²) in [4.78, 5) is 6.93. The number of ether oxygens (including phenoxy) is 1. The summed E-state index contributed by atoms with van der Waals surface area (Å²) in [6.45, 7) is 7.14. The molecule has 1 aromatic rings. The molecule has 0 bridgehead atoms. The maximum atomic E-state index is 5.19. The predicted molar refractivity (Wildman–Crippen MR) is 105 cm³/mol. The monoisotopic (exact) mass is 346 g/mol. The van der Waals surface area contributed by atoms with Gasteiger partial charge in [-0.1, -0.05) is 30.7 Å². The number of hydrogen-bond acceptors (Lipinski definition) is 3. The average molecular weight is 347 g/mol. The highest BCUT2D eigenvalue weighted by Gasteiger charge is 2.17. The minimum Gasteiger partial charge on any atom is -0.380 e. The van der Waals surface area contributed by atoms with E-state index < -0.39 is 0 Å². The molecule has 1 fully saturated rings. The van der Waals surface area contributed by atoms with E-state index >= 15 is 0 Å². The van der Waals surface area contributed by atoms with Crippen LogP contribution in [0.15, 0.2) is 29.3 Å². The van der Waals surface area contributed by atoms with Crippen LogP contribution in [-0.2, 0) is 17.9 Å². The first-order chi connectivity index (χ1) is 12.2. The minimum absolute atomic E-state index is 0.649.